The highest BCUT2D eigenvalue weighted by Crippen LogP contribution is 2.13. The number of ketones is 1. The van der Waals surface area contributed by atoms with Gasteiger partial charge in [0.15, 0.2) is 5.78 Å². The lowest BCUT2D eigenvalue weighted by atomic mass is 10.0. The molecule has 0 unspecified atom stereocenters. The number of rotatable bonds is 2. The predicted octanol–water partition coefficient (Wildman–Crippen LogP) is 3.24. The van der Waals surface area contributed by atoms with Crippen molar-refractivity contribution in [3.63, 3.8) is 0 Å². The van der Waals surface area contributed by atoms with E-state index in [1.54, 1.807) is 6.20 Å². The molecular weight excluding hydrogens is 210 g/mol. The molecule has 0 atom stereocenters. The Morgan fingerprint density at radius 3 is 2.12 bits per heavy atom. The molecule has 0 aliphatic carbocycles. The van der Waals surface area contributed by atoms with E-state index in [2.05, 4.69) is 11.1 Å². The third-order valence-corrected chi connectivity index (χ3v) is 2.66. The van der Waals surface area contributed by atoms with Crippen LogP contribution in [0.25, 0.3) is 0 Å². The highest BCUT2D eigenvalue weighted by Gasteiger charge is 2.09. The molecule has 2 aromatic rings. The number of carbonyl (C=O) groups excluding carboxylic acids is 1. The minimum atomic E-state index is 0.0318. The van der Waals surface area contributed by atoms with Crippen molar-refractivity contribution in [2.24, 2.45) is 0 Å². The Morgan fingerprint density at radius 1 is 0.941 bits per heavy atom. The van der Waals surface area contributed by atoms with Crippen LogP contribution in [-0.2, 0) is 0 Å². The Balaban J connectivity index is 2.40. The summed E-state index contributed by atoms with van der Waals surface area (Å²) in [5.74, 6) is 0.0318. The SMILES string of the molecule is Cc1cc(C)cc(C(=O)c2ccc(C)nc2)c1. The summed E-state index contributed by atoms with van der Waals surface area (Å²) in [4.78, 5) is 16.4. The highest BCUT2D eigenvalue weighted by atomic mass is 16.1. The van der Waals surface area contributed by atoms with Crippen LogP contribution in [0.4, 0.5) is 0 Å². The quantitative estimate of drug-likeness (QED) is 0.734. The first-order valence-electron chi connectivity index (χ1n) is 5.62. The summed E-state index contributed by atoms with van der Waals surface area (Å²) in [5, 5.41) is 0. The molecule has 0 aliphatic heterocycles. The summed E-state index contributed by atoms with van der Waals surface area (Å²) in [6.07, 6.45) is 1.63. The second-order valence-electron chi connectivity index (χ2n) is 4.39. The summed E-state index contributed by atoms with van der Waals surface area (Å²) in [6, 6.07) is 9.56. The Labute approximate surface area is 101 Å². The van der Waals surface area contributed by atoms with E-state index in [4.69, 9.17) is 0 Å². The van der Waals surface area contributed by atoms with Crippen LogP contribution in [0.15, 0.2) is 36.5 Å². The van der Waals surface area contributed by atoms with Gasteiger partial charge < -0.3 is 0 Å². The van der Waals surface area contributed by atoms with Gasteiger partial charge in [-0.1, -0.05) is 17.2 Å². The van der Waals surface area contributed by atoms with E-state index in [9.17, 15) is 4.79 Å². The van der Waals surface area contributed by atoms with E-state index < -0.39 is 0 Å². The van der Waals surface area contributed by atoms with Crippen molar-refractivity contribution in [3.05, 3.63) is 64.5 Å². The first-order chi connectivity index (χ1) is 8.06. The summed E-state index contributed by atoms with van der Waals surface area (Å²) in [5.41, 5.74) is 4.50. The molecule has 0 saturated heterocycles. The van der Waals surface area contributed by atoms with Crippen LogP contribution in [0.2, 0.25) is 0 Å². The zero-order valence-corrected chi connectivity index (χ0v) is 10.3. The van der Waals surface area contributed by atoms with Gasteiger partial charge in [0.25, 0.3) is 0 Å². The lowest BCUT2D eigenvalue weighted by molar-refractivity contribution is 0.103. The molecule has 0 N–H and O–H groups in total. The maximum absolute atomic E-state index is 12.2. The summed E-state index contributed by atoms with van der Waals surface area (Å²) in [6.45, 7) is 5.90. The largest absolute Gasteiger partial charge is 0.289 e. The lowest BCUT2D eigenvalue weighted by Gasteiger charge is -2.04. The Hall–Kier alpha value is -1.96. The molecule has 2 heteroatoms. The zero-order valence-electron chi connectivity index (χ0n) is 10.3. The predicted molar refractivity (Wildman–Crippen MR) is 68.3 cm³/mol. The molecule has 0 radical (unpaired) electrons. The fourth-order valence-corrected chi connectivity index (χ4v) is 1.87. The average Bonchev–Trinajstić information content (AvgIpc) is 2.28. The normalized spacial score (nSPS) is 10.3. The smallest absolute Gasteiger partial charge is 0.194 e. The molecule has 1 aromatic carbocycles. The molecule has 1 aromatic heterocycles. The van der Waals surface area contributed by atoms with Crippen LogP contribution < -0.4 is 0 Å². The minimum Gasteiger partial charge on any atom is -0.289 e. The van der Waals surface area contributed by atoms with Gasteiger partial charge >= 0.3 is 0 Å². The fourth-order valence-electron chi connectivity index (χ4n) is 1.87. The van der Waals surface area contributed by atoms with Crippen molar-refractivity contribution in [1.82, 2.24) is 4.98 Å². The Kier molecular flexibility index (Phi) is 3.05. The number of hydrogen-bond acceptors (Lipinski definition) is 2. The number of aromatic nitrogens is 1. The maximum Gasteiger partial charge on any atom is 0.194 e. The van der Waals surface area contributed by atoms with Crippen molar-refractivity contribution >= 4 is 5.78 Å². The number of aryl methyl sites for hydroxylation is 3. The second kappa shape index (κ2) is 4.50. The molecule has 1 heterocycles. The van der Waals surface area contributed by atoms with Crippen LogP contribution in [0.3, 0.4) is 0 Å². The van der Waals surface area contributed by atoms with Crippen molar-refractivity contribution < 1.29 is 4.79 Å². The van der Waals surface area contributed by atoms with Crippen LogP contribution >= 0.6 is 0 Å². The fraction of sp³-hybridized carbons (Fsp3) is 0.200. The lowest BCUT2D eigenvalue weighted by Crippen LogP contribution is -2.03. The molecular formula is C15H15NO. The third-order valence-electron chi connectivity index (χ3n) is 2.66. The second-order valence-corrected chi connectivity index (χ2v) is 4.39. The van der Waals surface area contributed by atoms with Gasteiger partial charge in [-0.05, 0) is 45.0 Å². The molecule has 86 valence electrons. The van der Waals surface area contributed by atoms with Gasteiger partial charge in [-0.3, -0.25) is 9.78 Å². The van der Waals surface area contributed by atoms with Gasteiger partial charge in [0.2, 0.25) is 0 Å². The first-order valence-corrected chi connectivity index (χ1v) is 5.62. The number of pyridine rings is 1. The van der Waals surface area contributed by atoms with Gasteiger partial charge in [-0.15, -0.1) is 0 Å². The highest BCUT2D eigenvalue weighted by molar-refractivity contribution is 6.09. The zero-order chi connectivity index (χ0) is 12.4. The van der Waals surface area contributed by atoms with Gasteiger partial charge in [-0.2, -0.15) is 0 Å². The number of hydrogen-bond donors (Lipinski definition) is 0. The van der Waals surface area contributed by atoms with E-state index in [1.165, 1.54) is 0 Å². The molecule has 0 amide bonds. The van der Waals surface area contributed by atoms with Crippen LogP contribution in [0.5, 0.6) is 0 Å². The standard InChI is InChI=1S/C15H15NO/c1-10-6-11(2)8-14(7-10)15(17)13-5-4-12(3)16-9-13/h4-9H,1-3H3. The summed E-state index contributed by atoms with van der Waals surface area (Å²) >= 11 is 0. The minimum absolute atomic E-state index is 0.0318. The average molecular weight is 225 g/mol. The van der Waals surface area contributed by atoms with E-state index in [0.29, 0.717) is 5.56 Å². The molecule has 2 rings (SSSR count). The van der Waals surface area contributed by atoms with E-state index in [-0.39, 0.29) is 5.78 Å². The van der Waals surface area contributed by atoms with E-state index in [0.717, 1.165) is 22.4 Å². The summed E-state index contributed by atoms with van der Waals surface area (Å²) in [7, 11) is 0. The Bertz CT molecular complexity index is 535. The van der Waals surface area contributed by atoms with Crippen LogP contribution in [0.1, 0.15) is 32.7 Å². The molecule has 0 saturated carbocycles. The van der Waals surface area contributed by atoms with Crippen molar-refractivity contribution in [2.45, 2.75) is 20.8 Å². The first kappa shape index (κ1) is 11.5. The Morgan fingerprint density at radius 2 is 1.59 bits per heavy atom. The number of benzene rings is 1. The van der Waals surface area contributed by atoms with Crippen LogP contribution in [-0.4, -0.2) is 10.8 Å². The molecule has 0 fully saturated rings. The molecule has 0 aliphatic rings. The van der Waals surface area contributed by atoms with E-state index >= 15 is 0 Å². The van der Waals surface area contributed by atoms with Gasteiger partial charge in [0.1, 0.15) is 0 Å². The van der Waals surface area contributed by atoms with Crippen LogP contribution in [0, 0.1) is 20.8 Å². The summed E-state index contributed by atoms with van der Waals surface area (Å²) < 4.78 is 0. The monoisotopic (exact) mass is 225 g/mol. The van der Waals surface area contributed by atoms with Gasteiger partial charge in [0.05, 0.1) is 0 Å². The molecule has 0 bridgehead atoms. The third kappa shape index (κ3) is 2.59. The van der Waals surface area contributed by atoms with E-state index in [1.807, 2.05) is 45.0 Å². The topological polar surface area (TPSA) is 30.0 Å². The molecule has 2 nitrogen and oxygen atoms in total. The van der Waals surface area contributed by atoms with Crippen molar-refractivity contribution in [1.29, 1.82) is 0 Å². The number of nitrogens with zero attached hydrogens (tertiary/aromatic N) is 1. The van der Waals surface area contributed by atoms with Gasteiger partial charge in [-0.25, -0.2) is 0 Å². The van der Waals surface area contributed by atoms with Crippen molar-refractivity contribution in [2.75, 3.05) is 0 Å². The molecule has 0 spiro atoms. The number of carbonyl (C=O) groups is 1. The van der Waals surface area contributed by atoms with Crippen molar-refractivity contribution in [3.8, 4) is 0 Å². The molecule has 17 heavy (non-hydrogen) atoms. The van der Waals surface area contributed by atoms with Gasteiger partial charge in [0, 0.05) is 23.0 Å². The maximum atomic E-state index is 12.2.